The normalized spacial score (nSPS) is 14.7. The maximum absolute atomic E-state index is 13.1. The lowest BCUT2D eigenvalue weighted by molar-refractivity contribution is 0.0746. The van der Waals surface area contributed by atoms with E-state index in [0.717, 1.165) is 5.69 Å². The van der Waals surface area contributed by atoms with Crippen LogP contribution in [0.25, 0.3) is 0 Å². The number of piperazine rings is 1. The molecule has 7 nitrogen and oxygen atoms in total. The van der Waals surface area contributed by atoms with Crippen molar-refractivity contribution in [3.05, 3.63) is 53.8 Å². The minimum atomic E-state index is -3.77. The molecule has 156 valence electrons. The molecule has 1 fully saturated rings. The van der Waals surface area contributed by atoms with Gasteiger partial charge in [0.2, 0.25) is 10.0 Å². The fourth-order valence-electron chi connectivity index (χ4n) is 3.29. The van der Waals surface area contributed by atoms with Crippen LogP contribution in [0.3, 0.4) is 0 Å². The van der Waals surface area contributed by atoms with Crippen LogP contribution in [0.4, 0.5) is 10.1 Å². The Labute approximate surface area is 170 Å². The van der Waals surface area contributed by atoms with Crippen molar-refractivity contribution >= 4 is 21.6 Å². The monoisotopic (exact) mass is 421 g/mol. The Balaban J connectivity index is 1.75. The third kappa shape index (κ3) is 4.68. The van der Waals surface area contributed by atoms with Crippen molar-refractivity contribution in [1.29, 1.82) is 0 Å². The number of ether oxygens (including phenoxy) is 1. The number of benzene rings is 2. The molecule has 0 atom stereocenters. The van der Waals surface area contributed by atoms with E-state index in [1.807, 2.05) is 0 Å². The number of nitrogens with one attached hydrogen (secondary N) is 1. The second-order valence-corrected chi connectivity index (χ2v) is 8.36. The Morgan fingerprint density at radius 1 is 1.10 bits per heavy atom. The van der Waals surface area contributed by atoms with E-state index in [2.05, 4.69) is 9.62 Å². The molecule has 0 bridgehead atoms. The van der Waals surface area contributed by atoms with E-state index >= 15 is 0 Å². The van der Waals surface area contributed by atoms with Crippen LogP contribution in [0.5, 0.6) is 5.75 Å². The molecule has 1 aliphatic heterocycles. The van der Waals surface area contributed by atoms with Gasteiger partial charge in [-0.15, -0.1) is 0 Å². The van der Waals surface area contributed by atoms with E-state index in [9.17, 15) is 17.6 Å². The zero-order valence-corrected chi connectivity index (χ0v) is 17.2. The minimum absolute atomic E-state index is 0.0577. The Hall–Kier alpha value is -2.65. The lowest BCUT2D eigenvalue weighted by Crippen LogP contribution is -2.48. The number of rotatable bonds is 6. The number of hydrogen-bond donors (Lipinski definition) is 1. The standard InChI is InChI=1S/C20H24FN3O4S/c1-3-22-29(26,27)19-14-15(4-9-18(19)28-2)20(25)24-12-10-23(11-13-24)17-7-5-16(21)6-8-17/h4-9,14,22H,3,10-13H2,1-2H3. The maximum atomic E-state index is 13.1. The van der Waals surface area contributed by atoms with E-state index in [4.69, 9.17) is 4.74 Å². The number of hydrogen-bond acceptors (Lipinski definition) is 5. The second kappa shape index (κ2) is 8.79. The van der Waals surface area contributed by atoms with Crippen molar-refractivity contribution < 1.29 is 22.3 Å². The van der Waals surface area contributed by atoms with Gasteiger partial charge in [0.15, 0.2) is 0 Å². The molecule has 0 saturated carbocycles. The third-order valence-corrected chi connectivity index (χ3v) is 6.36. The second-order valence-electron chi connectivity index (χ2n) is 6.62. The summed E-state index contributed by atoms with van der Waals surface area (Å²) in [6.07, 6.45) is 0. The predicted molar refractivity (Wildman–Crippen MR) is 108 cm³/mol. The molecule has 29 heavy (non-hydrogen) atoms. The van der Waals surface area contributed by atoms with Crippen LogP contribution < -0.4 is 14.4 Å². The molecule has 1 saturated heterocycles. The van der Waals surface area contributed by atoms with Gasteiger partial charge >= 0.3 is 0 Å². The van der Waals surface area contributed by atoms with Gasteiger partial charge in [0.1, 0.15) is 16.5 Å². The largest absolute Gasteiger partial charge is 0.495 e. The summed E-state index contributed by atoms with van der Waals surface area (Å²) in [6.45, 7) is 4.09. The smallest absolute Gasteiger partial charge is 0.254 e. The van der Waals surface area contributed by atoms with Crippen LogP contribution in [0, 0.1) is 5.82 Å². The number of nitrogens with zero attached hydrogens (tertiary/aromatic N) is 2. The Morgan fingerprint density at radius 3 is 2.34 bits per heavy atom. The third-order valence-electron chi connectivity index (χ3n) is 4.79. The lowest BCUT2D eigenvalue weighted by Gasteiger charge is -2.36. The van der Waals surface area contributed by atoms with E-state index in [-0.39, 0.29) is 34.5 Å². The number of methoxy groups -OCH3 is 1. The summed E-state index contributed by atoms with van der Waals surface area (Å²) in [6, 6.07) is 10.7. The highest BCUT2D eigenvalue weighted by atomic mass is 32.2. The molecule has 0 aromatic heterocycles. The number of sulfonamides is 1. The first kappa shape index (κ1) is 21.1. The first-order valence-electron chi connectivity index (χ1n) is 9.33. The molecule has 0 spiro atoms. The topological polar surface area (TPSA) is 79.0 Å². The van der Waals surface area contributed by atoms with Crippen molar-refractivity contribution in [3.63, 3.8) is 0 Å². The van der Waals surface area contributed by atoms with Gasteiger partial charge in [-0.2, -0.15) is 0 Å². The molecule has 1 amide bonds. The van der Waals surface area contributed by atoms with Gasteiger partial charge in [-0.3, -0.25) is 4.79 Å². The Morgan fingerprint density at radius 2 is 1.76 bits per heavy atom. The molecule has 3 rings (SSSR count). The summed E-state index contributed by atoms with van der Waals surface area (Å²) >= 11 is 0. The molecule has 0 unspecified atom stereocenters. The molecule has 2 aromatic carbocycles. The van der Waals surface area contributed by atoms with Crippen LogP contribution in [0.2, 0.25) is 0 Å². The molecule has 2 aromatic rings. The molecule has 1 N–H and O–H groups in total. The van der Waals surface area contributed by atoms with Crippen molar-refractivity contribution in [2.24, 2.45) is 0 Å². The first-order chi connectivity index (χ1) is 13.9. The zero-order valence-electron chi connectivity index (χ0n) is 16.4. The van der Waals surface area contributed by atoms with Crippen LogP contribution >= 0.6 is 0 Å². The van der Waals surface area contributed by atoms with Gasteiger partial charge in [-0.25, -0.2) is 17.5 Å². The highest BCUT2D eigenvalue weighted by Crippen LogP contribution is 2.26. The Kier molecular flexibility index (Phi) is 6.39. The van der Waals surface area contributed by atoms with E-state index < -0.39 is 10.0 Å². The zero-order chi connectivity index (χ0) is 21.0. The lowest BCUT2D eigenvalue weighted by atomic mass is 10.1. The van der Waals surface area contributed by atoms with E-state index in [1.165, 1.54) is 31.4 Å². The summed E-state index contributed by atoms with van der Waals surface area (Å²) < 4.78 is 45.5. The van der Waals surface area contributed by atoms with Gasteiger partial charge < -0.3 is 14.5 Å². The van der Waals surface area contributed by atoms with Crippen molar-refractivity contribution in [3.8, 4) is 5.75 Å². The SMILES string of the molecule is CCNS(=O)(=O)c1cc(C(=O)N2CCN(c3ccc(F)cc3)CC2)ccc1OC. The average Bonchev–Trinajstić information content (AvgIpc) is 2.73. The van der Waals surface area contributed by atoms with Crippen LogP contribution in [-0.4, -0.2) is 59.1 Å². The average molecular weight is 421 g/mol. The molecular formula is C20H24FN3O4S. The van der Waals surface area contributed by atoms with Crippen molar-refractivity contribution in [2.45, 2.75) is 11.8 Å². The minimum Gasteiger partial charge on any atom is -0.495 e. The van der Waals surface area contributed by atoms with Crippen LogP contribution in [0.1, 0.15) is 17.3 Å². The summed E-state index contributed by atoms with van der Waals surface area (Å²) in [5.74, 6) is -0.339. The number of carbonyl (C=O) groups excluding carboxylic acids is 1. The van der Waals surface area contributed by atoms with Crippen LogP contribution in [-0.2, 0) is 10.0 Å². The highest BCUT2D eigenvalue weighted by molar-refractivity contribution is 7.89. The van der Waals surface area contributed by atoms with E-state index in [1.54, 1.807) is 30.0 Å². The highest BCUT2D eigenvalue weighted by Gasteiger charge is 2.25. The van der Waals surface area contributed by atoms with Gasteiger partial charge in [0, 0.05) is 44.0 Å². The van der Waals surface area contributed by atoms with Gasteiger partial charge in [0.25, 0.3) is 5.91 Å². The molecule has 9 heteroatoms. The molecule has 1 heterocycles. The van der Waals surface area contributed by atoms with Gasteiger partial charge in [0.05, 0.1) is 7.11 Å². The summed E-state index contributed by atoms with van der Waals surface area (Å²) in [5.41, 5.74) is 1.19. The number of halogens is 1. The number of amides is 1. The van der Waals surface area contributed by atoms with Gasteiger partial charge in [-0.1, -0.05) is 6.92 Å². The molecule has 0 aliphatic carbocycles. The van der Waals surface area contributed by atoms with Crippen molar-refractivity contribution in [1.82, 2.24) is 9.62 Å². The fraction of sp³-hybridized carbons (Fsp3) is 0.350. The van der Waals surface area contributed by atoms with Crippen molar-refractivity contribution in [2.75, 3.05) is 44.7 Å². The Bertz CT molecular complexity index is 972. The molecular weight excluding hydrogens is 397 g/mol. The quantitative estimate of drug-likeness (QED) is 0.773. The molecule has 0 radical (unpaired) electrons. The van der Waals surface area contributed by atoms with Gasteiger partial charge in [-0.05, 0) is 42.5 Å². The fourth-order valence-corrected chi connectivity index (χ4v) is 4.52. The summed E-state index contributed by atoms with van der Waals surface area (Å²) in [5, 5.41) is 0. The first-order valence-corrected chi connectivity index (χ1v) is 10.8. The summed E-state index contributed by atoms with van der Waals surface area (Å²) in [7, 11) is -2.39. The molecule has 1 aliphatic rings. The predicted octanol–water partition coefficient (Wildman–Crippen LogP) is 2.09. The van der Waals surface area contributed by atoms with Crippen LogP contribution in [0.15, 0.2) is 47.4 Å². The number of carbonyl (C=O) groups is 1. The number of anilines is 1. The summed E-state index contributed by atoms with van der Waals surface area (Å²) in [4.78, 5) is 16.6. The van der Waals surface area contributed by atoms with E-state index in [0.29, 0.717) is 26.2 Å². The maximum Gasteiger partial charge on any atom is 0.254 e.